The summed E-state index contributed by atoms with van der Waals surface area (Å²) in [6.07, 6.45) is 5.82. The number of unbranched alkanes of at least 4 members (excludes halogenated alkanes) is 5. The minimum Gasteiger partial charge on any atom is -0.481 e. The third-order valence-corrected chi connectivity index (χ3v) is 2.03. The summed E-state index contributed by atoms with van der Waals surface area (Å²) >= 11 is 0. The third kappa shape index (κ3) is 16.4. The molecule has 2 N–H and O–H groups in total. The van der Waals surface area contributed by atoms with Crippen LogP contribution in [-0.2, 0) is 9.59 Å². The second kappa shape index (κ2) is 11.8. The smallest absolute Gasteiger partial charge is 0.303 e. The van der Waals surface area contributed by atoms with Crippen LogP contribution in [0.25, 0.3) is 0 Å². The van der Waals surface area contributed by atoms with E-state index in [-0.39, 0.29) is 36.7 Å². The molecule has 0 unspecified atom stereocenters. The van der Waals surface area contributed by atoms with E-state index < -0.39 is 11.9 Å². The number of hydrogen-bond donors (Lipinski definition) is 2. The first-order chi connectivity index (χ1) is 6.63. The zero-order valence-electron chi connectivity index (χ0n) is 8.87. The molecule has 0 amide bonds. The van der Waals surface area contributed by atoms with Crippen molar-refractivity contribution in [2.45, 2.75) is 51.4 Å². The van der Waals surface area contributed by atoms with Gasteiger partial charge in [0.2, 0.25) is 0 Å². The average molecular weight is 321 g/mol. The molecule has 0 saturated carbocycles. The molecule has 0 aliphatic heterocycles. The van der Waals surface area contributed by atoms with Crippen LogP contribution in [-0.4, -0.2) is 46.1 Å². The zero-order chi connectivity index (χ0) is 10.8. The van der Waals surface area contributed by atoms with Gasteiger partial charge in [0.25, 0.3) is 0 Å². The van der Waals surface area contributed by atoms with Crippen molar-refractivity contribution in [2.24, 2.45) is 0 Å². The summed E-state index contributed by atoms with van der Waals surface area (Å²) in [5, 5.41) is 16.7. The molecule has 0 rings (SSSR count). The normalized spacial score (nSPS) is 9.33. The summed E-state index contributed by atoms with van der Waals surface area (Å²) in [7, 11) is 0. The first kappa shape index (κ1) is 17.1. The van der Waals surface area contributed by atoms with Gasteiger partial charge >= 0.3 is 11.9 Å². The fraction of sp³-hybridized carbons (Fsp3) is 0.800. The predicted octanol–water partition coefficient (Wildman–Crippen LogP) is 1.90. The predicted molar refractivity (Wildman–Crippen MR) is 58.0 cm³/mol. The van der Waals surface area contributed by atoms with Crippen LogP contribution >= 0.6 is 0 Å². The summed E-state index contributed by atoms with van der Waals surface area (Å²) in [6, 6.07) is 0. The Morgan fingerprint density at radius 1 is 0.667 bits per heavy atom. The van der Waals surface area contributed by atoms with E-state index in [4.69, 9.17) is 10.2 Å². The van der Waals surface area contributed by atoms with Gasteiger partial charge in [-0.3, -0.25) is 9.59 Å². The SMILES string of the molecule is O=C(O)CCCCCCCCC(=O)O.[Sn]. The molecule has 4 nitrogen and oxygen atoms in total. The van der Waals surface area contributed by atoms with Gasteiger partial charge in [0.05, 0.1) is 0 Å². The standard InChI is InChI=1S/C10H18O4.Sn/c11-9(12)7-5-3-1-2-4-6-8-10(13)14;/h1-8H2,(H,11,12)(H,13,14);. The second-order valence-electron chi connectivity index (χ2n) is 3.41. The molecule has 0 saturated heterocycles. The van der Waals surface area contributed by atoms with Crippen molar-refractivity contribution in [1.82, 2.24) is 0 Å². The molecular formula is C10H18O4Sn. The fourth-order valence-electron chi connectivity index (χ4n) is 1.26. The van der Waals surface area contributed by atoms with Crippen LogP contribution in [0.3, 0.4) is 0 Å². The topological polar surface area (TPSA) is 74.6 Å². The first-order valence-corrected chi connectivity index (χ1v) is 5.06. The van der Waals surface area contributed by atoms with E-state index in [9.17, 15) is 9.59 Å². The van der Waals surface area contributed by atoms with E-state index in [0.717, 1.165) is 38.5 Å². The molecule has 15 heavy (non-hydrogen) atoms. The van der Waals surface area contributed by atoms with Gasteiger partial charge in [-0.15, -0.1) is 0 Å². The van der Waals surface area contributed by atoms with Gasteiger partial charge in [-0.1, -0.05) is 25.7 Å². The van der Waals surface area contributed by atoms with Crippen LogP contribution in [0, 0.1) is 0 Å². The Morgan fingerprint density at radius 3 is 1.20 bits per heavy atom. The van der Waals surface area contributed by atoms with Crippen LogP contribution < -0.4 is 0 Å². The van der Waals surface area contributed by atoms with Crippen molar-refractivity contribution >= 4 is 35.8 Å². The number of aliphatic carboxylic acids is 2. The first-order valence-electron chi connectivity index (χ1n) is 5.06. The van der Waals surface area contributed by atoms with Gasteiger partial charge in [-0.2, -0.15) is 0 Å². The Bertz CT molecular complexity index is 162. The number of carboxylic acids is 2. The van der Waals surface area contributed by atoms with Crippen LogP contribution in [0.5, 0.6) is 0 Å². The summed E-state index contributed by atoms with van der Waals surface area (Å²) in [5.41, 5.74) is 0. The molecule has 0 fully saturated rings. The monoisotopic (exact) mass is 322 g/mol. The minimum atomic E-state index is -0.740. The van der Waals surface area contributed by atoms with E-state index in [2.05, 4.69) is 0 Å². The van der Waals surface area contributed by atoms with Crippen LogP contribution in [0.15, 0.2) is 0 Å². The van der Waals surface area contributed by atoms with Crippen molar-refractivity contribution in [2.75, 3.05) is 0 Å². The zero-order valence-corrected chi connectivity index (χ0v) is 11.7. The van der Waals surface area contributed by atoms with Crippen LogP contribution in [0.1, 0.15) is 51.4 Å². The van der Waals surface area contributed by atoms with Gasteiger partial charge < -0.3 is 10.2 Å². The molecule has 0 spiro atoms. The van der Waals surface area contributed by atoms with Crippen molar-refractivity contribution in [3.8, 4) is 0 Å². The Morgan fingerprint density at radius 2 is 0.933 bits per heavy atom. The molecular weight excluding hydrogens is 303 g/mol. The molecule has 0 atom stereocenters. The van der Waals surface area contributed by atoms with E-state index >= 15 is 0 Å². The van der Waals surface area contributed by atoms with E-state index in [1.165, 1.54) is 0 Å². The maximum Gasteiger partial charge on any atom is 0.303 e. The Labute approximate surface area is 107 Å². The second-order valence-corrected chi connectivity index (χ2v) is 3.41. The summed E-state index contributed by atoms with van der Waals surface area (Å²) in [5.74, 6) is -1.48. The van der Waals surface area contributed by atoms with Crippen LogP contribution in [0.2, 0.25) is 0 Å². The number of carboxylic acid groups (broad SMARTS) is 2. The van der Waals surface area contributed by atoms with Crippen molar-refractivity contribution in [1.29, 1.82) is 0 Å². The molecule has 0 aromatic rings. The number of carbonyl (C=O) groups is 2. The summed E-state index contributed by atoms with van der Waals surface area (Å²) in [4.78, 5) is 20.3. The molecule has 0 bridgehead atoms. The molecule has 5 heteroatoms. The molecule has 86 valence electrons. The minimum absolute atomic E-state index is 0. The molecule has 0 aliphatic carbocycles. The Balaban J connectivity index is 0. The van der Waals surface area contributed by atoms with Crippen LogP contribution in [0.4, 0.5) is 0 Å². The van der Waals surface area contributed by atoms with Gasteiger partial charge in [0, 0.05) is 36.7 Å². The molecule has 0 aliphatic rings. The van der Waals surface area contributed by atoms with E-state index in [1.807, 2.05) is 0 Å². The van der Waals surface area contributed by atoms with Gasteiger partial charge in [-0.05, 0) is 12.8 Å². The summed E-state index contributed by atoms with van der Waals surface area (Å²) < 4.78 is 0. The molecule has 0 heterocycles. The van der Waals surface area contributed by atoms with E-state index in [0.29, 0.717) is 0 Å². The Hall–Kier alpha value is -0.261. The maximum atomic E-state index is 10.1. The van der Waals surface area contributed by atoms with Gasteiger partial charge in [0.1, 0.15) is 0 Å². The van der Waals surface area contributed by atoms with Gasteiger partial charge in [0.15, 0.2) is 0 Å². The van der Waals surface area contributed by atoms with Crippen molar-refractivity contribution < 1.29 is 19.8 Å². The molecule has 0 aromatic carbocycles. The fourth-order valence-corrected chi connectivity index (χ4v) is 1.26. The third-order valence-electron chi connectivity index (χ3n) is 2.03. The maximum absolute atomic E-state index is 10.1. The van der Waals surface area contributed by atoms with Crippen molar-refractivity contribution in [3.63, 3.8) is 0 Å². The van der Waals surface area contributed by atoms with Gasteiger partial charge in [-0.25, -0.2) is 0 Å². The molecule has 4 radical (unpaired) electrons. The molecule has 0 aromatic heterocycles. The largest absolute Gasteiger partial charge is 0.481 e. The Kier molecular flexibility index (Phi) is 13.5. The van der Waals surface area contributed by atoms with Crippen molar-refractivity contribution in [3.05, 3.63) is 0 Å². The summed E-state index contributed by atoms with van der Waals surface area (Å²) in [6.45, 7) is 0. The van der Waals surface area contributed by atoms with E-state index in [1.54, 1.807) is 0 Å². The quantitative estimate of drug-likeness (QED) is 0.502. The number of rotatable bonds is 9. The average Bonchev–Trinajstić information content (AvgIpc) is 2.08. The number of hydrogen-bond acceptors (Lipinski definition) is 2.